The van der Waals surface area contributed by atoms with Crippen molar-refractivity contribution in [1.29, 1.82) is 0 Å². The van der Waals surface area contributed by atoms with Crippen molar-refractivity contribution in [2.24, 2.45) is 0 Å². The van der Waals surface area contributed by atoms with Crippen molar-refractivity contribution in [3.8, 4) is 0 Å². The Morgan fingerprint density at radius 1 is 1.44 bits per heavy atom. The summed E-state index contributed by atoms with van der Waals surface area (Å²) >= 11 is 1.38. The van der Waals surface area contributed by atoms with Gasteiger partial charge in [0.2, 0.25) is 5.91 Å². The molecule has 2 rings (SSSR count). The lowest BCUT2D eigenvalue weighted by molar-refractivity contribution is -0.139. The molecule has 1 amide bonds. The van der Waals surface area contributed by atoms with E-state index in [1.807, 2.05) is 32.0 Å². The van der Waals surface area contributed by atoms with Crippen LogP contribution in [0.5, 0.6) is 0 Å². The first-order chi connectivity index (χ1) is 8.50. The predicted octanol–water partition coefficient (Wildman–Crippen LogP) is 1.84. The molecule has 1 saturated heterocycles. The number of nitrogens with zero attached hydrogens (tertiary/aromatic N) is 1. The predicted molar refractivity (Wildman–Crippen MR) is 72.2 cm³/mol. The quantitative estimate of drug-likeness (QED) is 0.886. The van der Waals surface area contributed by atoms with Crippen molar-refractivity contribution in [1.82, 2.24) is 0 Å². The van der Waals surface area contributed by atoms with Crippen LogP contribution in [0.1, 0.15) is 11.1 Å². The van der Waals surface area contributed by atoms with Crippen LogP contribution in [0.3, 0.4) is 0 Å². The maximum atomic E-state index is 12.0. The van der Waals surface area contributed by atoms with Gasteiger partial charge in [0.25, 0.3) is 0 Å². The van der Waals surface area contributed by atoms with E-state index < -0.39 is 12.0 Å². The summed E-state index contributed by atoms with van der Waals surface area (Å²) in [4.78, 5) is 24.7. The summed E-state index contributed by atoms with van der Waals surface area (Å²) in [6.45, 7) is 3.82. The summed E-state index contributed by atoms with van der Waals surface area (Å²) in [5.41, 5.74) is 2.66. The molecule has 5 heteroatoms. The number of carboxylic acid groups (broad SMARTS) is 1. The Morgan fingerprint density at radius 3 is 2.83 bits per heavy atom. The van der Waals surface area contributed by atoms with Crippen LogP contribution in [0.2, 0.25) is 0 Å². The molecule has 1 aliphatic heterocycles. The van der Waals surface area contributed by atoms with Crippen LogP contribution in [0.15, 0.2) is 18.2 Å². The van der Waals surface area contributed by atoms with Gasteiger partial charge >= 0.3 is 5.97 Å². The number of benzene rings is 1. The van der Waals surface area contributed by atoms with Gasteiger partial charge in [0.1, 0.15) is 6.04 Å². The van der Waals surface area contributed by atoms with Gasteiger partial charge in [0.05, 0.1) is 5.75 Å². The molecule has 0 bridgehead atoms. The molecule has 0 aromatic heterocycles. The first-order valence-corrected chi connectivity index (χ1v) is 6.86. The molecule has 1 unspecified atom stereocenters. The molecule has 0 spiro atoms. The zero-order valence-electron chi connectivity index (χ0n) is 10.3. The molecule has 0 radical (unpaired) electrons. The molecule has 1 aromatic carbocycles. The Kier molecular flexibility index (Phi) is 3.61. The van der Waals surface area contributed by atoms with Crippen LogP contribution in [0.4, 0.5) is 5.69 Å². The smallest absolute Gasteiger partial charge is 0.327 e. The van der Waals surface area contributed by atoms with Crippen LogP contribution >= 0.6 is 11.8 Å². The number of hydrogen-bond donors (Lipinski definition) is 1. The molecule has 4 nitrogen and oxygen atoms in total. The first kappa shape index (κ1) is 13.0. The topological polar surface area (TPSA) is 57.6 Å². The van der Waals surface area contributed by atoms with E-state index in [1.165, 1.54) is 16.7 Å². The van der Waals surface area contributed by atoms with E-state index in [4.69, 9.17) is 0 Å². The molecule has 1 aromatic rings. The van der Waals surface area contributed by atoms with E-state index in [1.54, 1.807) is 0 Å². The minimum absolute atomic E-state index is 0.132. The van der Waals surface area contributed by atoms with Gasteiger partial charge in [-0.15, -0.1) is 11.8 Å². The monoisotopic (exact) mass is 265 g/mol. The van der Waals surface area contributed by atoms with Crippen molar-refractivity contribution in [3.63, 3.8) is 0 Å². The molecule has 1 N–H and O–H groups in total. The number of aliphatic carboxylic acids is 1. The number of carbonyl (C=O) groups is 2. The van der Waals surface area contributed by atoms with Crippen molar-refractivity contribution in [3.05, 3.63) is 29.3 Å². The fourth-order valence-electron chi connectivity index (χ4n) is 2.04. The molecular formula is C13H15NO3S. The summed E-state index contributed by atoms with van der Waals surface area (Å²) in [5, 5.41) is 9.24. The summed E-state index contributed by atoms with van der Waals surface area (Å²) in [6.07, 6.45) is 0. The van der Waals surface area contributed by atoms with Crippen molar-refractivity contribution >= 4 is 29.3 Å². The second-order valence-corrected chi connectivity index (χ2v) is 5.45. The van der Waals surface area contributed by atoms with Crippen LogP contribution < -0.4 is 4.90 Å². The third-order valence-electron chi connectivity index (χ3n) is 2.99. The molecule has 0 aliphatic carbocycles. The minimum atomic E-state index is -0.948. The molecule has 0 saturated carbocycles. The highest BCUT2D eigenvalue weighted by molar-refractivity contribution is 8.00. The van der Waals surface area contributed by atoms with Crippen LogP contribution in [0, 0.1) is 13.8 Å². The zero-order valence-corrected chi connectivity index (χ0v) is 11.2. The lowest BCUT2D eigenvalue weighted by atomic mass is 10.1. The van der Waals surface area contributed by atoms with E-state index in [0.717, 1.165) is 11.1 Å². The van der Waals surface area contributed by atoms with Gasteiger partial charge in [-0.2, -0.15) is 0 Å². The van der Waals surface area contributed by atoms with Gasteiger partial charge in [-0.25, -0.2) is 4.79 Å². The van der Waals surface area contributed by atoms with E-state index in [-0.39, 0.29) is 5.91 Å². The van der Waals surface area contributed by atoms with Crippen LogP contribution in [0.25, 0.3) is 0 Å². The van der Waals surface area contributed by atoms with Crippen LogP contribution in [-0.4, -0.2) is 34.5 Å². The van der Waals surface area contributed by atoms with E-state index in [0.29, 0.717) is 17.2 Å². The van der Waals surface area contributed by atoms with E-state index in [2.05, 4.69) is 0 Å². The molecule has 1 fully saturated rings. The summed E-state index contributed by atoms with van der Waals surface area (Å²) < 4.78 is 0. The van der Waals surface area contributed by atoms with Gasteiger partial charge in [0, 0.05) is 11.4 Å². The highest BCUT2D eigenvalue weighted by Crippen LogP contribution is 2.28. The second-order valence-electron chi connectivity index (χ2n) is 4.42. The Balaban J connectivity index is 2.46. The third kappa shape index (κ3) is 2.36. The molecular weight excluding hydrogens is 250 g/mol. The van der Waals surface area contributed by atoms with E-state index in [9.17, 15) is 14.7 Å². The fourth-order valence-corrected chi connectivity index (χ4v) is 2.99. The summed E-state index contributed by atoms with van der Waals surface area (Å²) in [6, 6.07) is 4.98. The van der Waals surface area contributed by atoms with E-state index >= 15 is 0 Å². The number of aryl methyl sites for hydroxylation is 2. The van der Waals surface area contributed by atoms with Gasteiger partial charge in [-0.05, 0) is 31.0 Å². The average molecular weight is 265 g/mol. The lowest BCUT2D eigenvalue weighted by Gasteiger charge is -2.33. The first-order valence-electron chi connectivity index (χ1n) is 5.70. The summed E-state index contributed by atoms with van der Waals surface area (Å²) in [5.74, 6) is -0.296. The maximum absolute atomic E-state index is 12.0. The van der Waals surface area contributed by atoms with Gasteiger partial charge in [0.15, 0.2) is 0 Å². The molecule has 1 aliphatic rings. The van der Waals surface area contributed by atoms with Crippen molar-refractivity contribution in [2.75, 3.05) is 16.4 Å². The zero-order chi connectivity index (χ0) is 13.3. The molecule has 96 valence electrons. The molecule has 18 heavy (non-hydrogen) atoms. The molecule has 1 heterocycles. The number of carbonyl (C=O) groups excluding carboxylic acids is 1. The van der Waals surface area contributed by atoms with Crippen molar-refractivity contribution in [2.45, 2.75) is 19.9 Å². The van der Waals surface area contributed by atoms with Crippen LogP contribution in [-0.2, 0) is 9.59 Å². The average Bonchev–Trinajstić information content (AvgIpc) is 2.32. The summed E-state index contributed by atoms with van der Waals surface area (Å²) in [7, 11) is 0. The van der Waals surface area contributed by atoms with Gasteiger partial charge < -0.3 is 5.11 Å². The number of rotatable bonds is 2. The lowest BCUT2D eigenvalue weighted by Crippen LogP contribution is -2.51. The number of anilines is 1. The standard InChI is InChI=1S/C13H15NO3S/c1-8-3-4-9(2)10(5-8)14-11(13(16)17)6-18-7-12(14)15/h3-5,11H,6-7H2,1-2H3,(H,16,17). The van der Waals surface area contributed by atoms with Gasteiger partial charge in [-0.1, -0.05) is 12.1 Å². The number of thioether (sulfide) groups is 1. The highest BCUT2D eigenvalue weighted by Gasteiger charge is 2.35. The largest absolute Gasteiger partial charge is 0.480 e. The maximum Gasteiger partial charge on any atom is 0.327 e. The van der Waals surface area contributed by atoms with Crippen molar-refractivity contribution < 1.29 is 14.7 Å². The third-order valence-corrected chi connectivity index (χ3v) is 3.99. The second kappa shape index (κ2) is 5.02. The highest BCUT2D eigenvalue weighted by atomic mass is 32.2. The normalized spacial score (nSPS) is 20.0. The Labute approximate surface area is 110 Å². The Morgan fingerprint density at radius 2 is 2.17 bits per heavy atom. The number of hydrogen-bond acceptors (Lipinski definition) is 3. The minimum Gasteiger partial charge on any atom is -0.480 e. The SMILES string of the molecule is Cc1ccc(C)c(N2C(=O)CSCC2C(=O)O)c1. The Hall–Kier alpha value is -1.49. The Bertz CT molecular complexity index is 501. The number of carboxylic acids is 1. The molecule has 1 atom stereocenters. The van der Waals surface area contributed by atoms with Gasteiger partial charge in [-0.3, -0.25) is 9.69 Å². The number of amides is 1. The fraction of sp³-hybridized carbons (Fsp3) is 0.385.